The Kier molecular flexibility index (Phi) is 25.5. The first-order valence-electron chi connectivity index (χ1n) is 13.1. The van der Waals surface area contributed by atoms with Gasteiger partial charge in [-0.1, -0.05) is 148 Å². The van der Waals surface area contributed by atoms with Gasteiger partial charge in [-0.2, -0.15) is 0 Å². The monoisotopic (exact) mass is 378 g/mol. The van der Waals surface area contributed by atoms with Crippen molar-refractivity contribution in [3.05, 3.63) is 12.2 Å². The van der Waals surface area contributed by atoms with Gasteiger partial charge in [-0.25, -0.2) is 0 Å². The molecule has 0 atom stereocenters. The summed E-state index contributed by atoms with van der Waals surface area (Å²) >= 11 is 0. The number of unbranched alkanes of at least 4 members (excludes halogenated alkanes) is 21. The second-order valence-corrected chi connectivity index (χ2v) is 8.77. The van der Waals surface area contributed by atoms with E-state index in [0.29, 0.717) is 0 Å². The summed E-state index contributed by atoms with van der Waals surface area (Å²) in [5.41, 5.74) is 0. The first-order valence-corrected chi connectivity index (χ1v) is 13.1. The third-order valence-corrected chi connectivity index (χ3v) is 5.87. The third kappa shape index (κ3) is 25.7. The van der Waals surface area contributed by atoms with Crippen molar-refractivity contribution in [2.45, 2.75) is 162 Å². The Bertz CT molecular complexity index is 265. The molecule has 27 heavy (non-hydrogen) atoms. The molecule has 0 heterocycles. The molecule has 0 bridgehead atoms. The van der Waals surface area contributed by atoms with Crippen molar-refractivity contribution in [3.8, 4) is 0 Å². The van der Waals surface area contributed by atoms with Gasteiger partial charge in [0, 0.05) is 0 Å². The second kappa shape index (κ2) is 25.7. The van der Waals surface area contributed by atoms with Gasteiger partial charge in [0.1, 0.15) is 0 Å². The van der Waals surface area contributed by atoms with Crippen LogP contribution in [0.1, 0.15) is 162 Å². The Morgan fingerprint density at radius 3 is 0.852 bits per heavy atom. The predicted molar refractivity (Wildman–Crippen MR) is 127 cm³/mol. The van der Waals surface area contributed by atoms with Gasteiger partial charge >= 0.3 is 0 Å². The van der Waals surface area contributed by atoms with Crippen molar-refractivity contribution < 1.29 is 0 Å². The zero-order chi connectivity index (χ0) is 19.7. The van der Waals surface area contributed by atoms with Crippen LogP contribution >= 0.6 is 0 Å². The topological polar surface area (TPSA) is 0 Å². The quantitative estimate of drug-likeness (QED) is 0.122. The Morgan fingerprint density at radius 1 is 0.296 bits per heavy atom. The number of allylic oxidation sites excluding steroid dienone is 2. The van der Waals surface area contributed by atoms with Crippen LogP contribution in [0.4, 0.5) is 0 Å². The smallest absolute Gasteiger partial charge is 0.0351 e. The Morgan fingerprint density at radius 2 is 0.519 bits per heavy atom. The van der Waals surface area contributed by atoms with Crippen LogP contribution in [0.2, 0.25) is 0 Å². The van der Waals surface area contributed by atoms with Crippen LogP contribution in [0.5, 0.6) is 0 Å². The molecule has 0 spiro atoms. The third-order valence-electron chi connectivity index (χ3n) is 5.87. The maximum Gasteiger partial charge on any atom is -0.0351 e. The number of hydrogen-bond donors (Lipinski definition) is 0. The maximum absolute atomic E-state index is 2.42. The van der Waals surface area contributed by atoms with Crippen molar-refractivity contribution in [2.24, 2.45) is 0 Å². The molecule has 0 aromatic carbocycles. The fourth-order valence-electron chi connectivity index (χ4n) is 3.91. The maximum atomic E-state index is 2.42. The number of hydrogen-bond acceptors (Lipinski definition) is 0. The first-order chi connectivity index (χ1) is 13.4. The fraction of sp³-hybridized carbons (Fsp3) is 0.926. The average molecular weight is 379 g/mol. The highest BCUT2D eigenvalue weighted by molar-refractivity contribution is 4.81. The van der Waals surface area contributed by atoms with Crippen LogP contribution in [0.3, 0.4) is 0 Å². The summed E-state index contributed by atoms with van der Waals surface area (Å²) in [6.45, 7) is 4.58. The molecular formula is C27H54. The molecule has 0 heteroatoms. The molecule has 0 aliphatic heterocycles. The molecule has 0 radical (unpaired) electrons. The van der Waals surface area contributed by atoms with Gasteiger partial charge in [0.15, 0.2) is 0 Å². The van der Waals surface area contributed by atoms with Crippen molar-refractivity contribution >= 4 is 0 Å². The van der Waals surface area contributed by atoms with E-state index in [0.717, 1.165) is 0 Å². The van der Waals surface area contributed by atoms with E-state index >= 15 is 0 Å². The molecule has 0 aliphatic carbocycles. The standard InChI is InChI=1S/C27H54/c1-3-5-7-9-11-13-15-17-19-21-23-25-27-26-24-22-20-18-16-14-12-10-8-6-4-2/h11,13H,3-10,12,14-27H2,1-2H3. The Labute approximate surface area is 174 Å². The molecule has 0 rings (SSSR count). The lowest BCUT2D eigenvalue weighted by molar-refractivity contribution is 0.525. The molecular weight excluding hydrogens is 324 g/mol. The summed E-state index contributed by atoms with van der Waals surface area (Å²) in [6.07, 6.45) is 37.9. The van der Waals surface area contributed by atoms with Crippen LogP contribution in [0.25, 0.3) is 0 Å². The molecule has 0 amide bonds. The molecule has 0 nitrogen and oxygen atoms in total. The van der Waals surface area contributed by atoms with Crippen molar-refractivity contribution in [2.75, 3.05) is 0 Å². The SMILES string of the molecule is CCCCCC=CCCCCCCCCCCCCCCCCCCCC. The molecule has 0 aliphatic rings. The summed E-state index contributed by atoms with van der Waals surface area (Å²) in [5.74, 6) is 0. The Balaban J connectivity index is 3.01. The van der Waals surface area contributed by atoms with E-state index in [4.69, 9.17) is 0 Å². The molecule has 0 saturated heterocycles. The minimum atomic E-state index is 1.30. The Hall–Kier alpha value is -0.260. The molecule has 162 valence electrons. The predicted octanol–water partition coefficient (Wildman–Crippen LogP) is 10.6. The lowest BCUT2D eigenvalue weighted by atomic mass is 10.0. The van der Waals surface area contributed by atoms with Gasteiger partial charge in [-0.15, -0.1) is 0 Å². The van der Waals surface area contributed by atoms with Crippen molar-refractivity contribution in [1.29, 1.82) is 0 Å². The summed E-state index contributed by atoms with van der Waals surface area (Å²) in [5, 5.41) is 0. The van der Waals surface area contributed by atoms with Gasteiger partial charge in [0.25, 0.3) is 0 Å². The summed E-state index contributed by atoms with van der Waals surface area (Å²) in [7, 11) is 0. The number of rotatable bonds is 23. The van der Waals surface area contributed by atoms with E-state index in [1.54, 1.807) is 0 Å². The molecule has 0 saturated carbocycles. The summed E-state index contributed by atoms with van der Waals surface area (Å²) in [4.78, 5) is 0. The van der Waals surface area contributed by atoms with E-state index in [2.05, 4.69) is 26.0 Å². The molecule has 0 aromatic heterocycles. The fourth-order valence-corrected chi connectivity index (χ4v) is 3.91. The van der Waals surface area contributed by atoms with Gasteiger partial charge in [0.2, 0.25) is 0 Å². The molecule has 0 N–H and O–H groups in total. The largest absolute Gasteiger partial charge is 0.0885 e. The van der Waals surface area contributed by atoms with Crippen LogP contribution in [0, 0.1) is 0 Å². The highest BCUT2D eigenvalue weighted by atomic mass is 14.0. The van der Waals surface area contributed by atoms with Crippen molar-refractivity contribution in [3.63, 3.8) is 0 Å². The zero-order valence-corrected chi connectivity index (χ0v) is 19.4. The summed E-state index contributed by atoms with van der Waals surface area (Å²) < 4.78 is 0. The van der Waals surface area contributed by atoms with Gasteiger partial charge in [0.05, 0.1) is 0 Å². The molecule has 0 fully saturated rings. The van der Waals surface area contributed by atoms with Crippen LogP contribution in [-0.2, 0) is 0 Å². The van der Waals surface area contributed by atoms with E-state index in [9.17, 15) is 0 Å². The highest BCUT2D eigenvalue weighted by Gasteiger charge is 1.95. The van der Waals surface area contributed by atoms with Gasteiger partial charge in [-0.05, 0) is 25.7 Å². The minimum absolute atomic E-state index is 1.30. The van der Waals surface area contributed by atoms with Crippen LogP contribution in [-0.4, -0.2) is 0 Å². The van der Waals surface area contributed by atoms with Gasteiger partial charge < -0.3 is 0 Å². The lowest BCUT2D eigenvalue weighted by Gasteiger charge is -2.03. The lowest BCUT2D eigenvalue weighted by Crippen LogP contribution is -1.84. The van der Waals surface area contributed by atoms with E-state index in [1.807, 2.05) is 0 Å². The highest BCUT2D eigenvalue weighted by Crippen LogP contribution is 2.14. The zero-order valence-electron chi connectivity index (χ0n) is 19.4. The first kappa shape index (κ1) is 26.7. The van der Waals surface area contributed by atoms with Crippen molar-refractivity contribution in [1.82, 2.24) is 0 Å². The second-order valence-electron chi connectivity index (χ2n) is 8.77. The molecule has 0 aromatic rings. The van der Waals surface area contributed by atoms with E-state index in [-0.39, 0.29) is 0 Å². The van der Waals surface area contributed by atoms with Gasteiger partial charge in [-0.3, -0.25) is 0 Å². The van der Waals surface area contributed by atoms with E-state index in [1.165, 1.54) is 148 Å². The van der Waals surface area contributed by atoms with E-state index < -0.39 is 0 Å². The van der Waals surface area contributed by atoms with Crippen LogP contribution in [0.15, 0.2) is 12.2 Å². The van der Waals surface area contributed by atoms with Crippen LogP contribution < -0.4 is 0 Å². The normalized spacial score (nSPS) is 11.6. The minimum Gasteiger partial charge on any atom is -0.0885 e. The molecule has 0 unspecified atom stereocenters. The summed E-state index contributed by atoms with van der Waals surface area (Å²) in [6, 6.07) is 0. The average Bonchev–Trinajstić information content (AvgIpc) is 2.68.